The Morgan fingerprint density at radius 1 is 1.19 bits per heavy atom. The Hall–Kier alpha value is -2.45. The number of ether oxygens (including phenoxy) is 3. The molecule has 2 heterocycles. The van der Waals surface area contributed by atoms with Crippen LogP contribution in [0.4, 0.5) is 5.00 Å². The Kier molecular flexibility index (Phi) is 7.11. The highest BCUT2D eigenvalue weighted by atomic mass is 32.1. The van der Waals surface area contributed by atoms with Crippen LogP contribution in [-0.4, -0.2) is 38.5 Å². The molecule has 2 rings (SSSR count). The molecule has 140 valence electrons. The van der Waals surface area contributed by atoms with E-state index in [1.165, 1.54) is 6.21 Å². The molecule has 0 spiro atoms. The fourth-order valence-corrected chi connectivity index (χ4v) is 3.26. The van der Waals surface area contributed by atoms with Crippen molar-refractivity contribution in [3.8, 4) is 0 Å². The maximum Gasteiger partial charge on any atom is 0.348 e. The highest BCUT2D eigenvalue weighted by molar-refractivity contribution is 7.18. The van der Waals surface area contributed by atoms with Crippen molar-refractivity contribution >= 4 is 34.5 Å². The Bertz CT molecular complexity index is 805. The van der Waals surface area contributed by atoms with Crippen LogP contribution >= 0.6 is 11.3 Å². The normalized spacial score (nSPS) is 11.1. The van der Waals surface area contributed by atoms with Crippen molar-refractivity contribution in [3.63, 3.8) is 0 Å². The number of esters is 2. The zero-order valence-electron chi connectivity index (χ0n) is 15.2. The molecule has 0 amide bonds. The molecule has 0 unspecified atom stereocenters. The zero-order valence-corrected chi connectivity index (χ0v) is 16.0. The van der Waals surface area contributed by atoms with E-state index in [9.17, 15) is 9.59 Å². The van der Waals surface area contributed by atoms with E-state index in [-0.39, 0.29) is 18.8 Å². The topological polar surface area (TPSA) is 87.3 Å². The molecule has 0 saturated heterocycles. The number of thiophene rings is 1. The van der Waals surface area contributed by atoms with Gasteiger partial charge in [-0.1, -0.05) is 0 Å². The number of methoxy groups -OCH3 is 1. The molecular weight excluding hydrogens is 358 g/mol. The van der Waals surface area contributed by atoms with Crippen LogP contribution in [0.3, 0.4) is 0 Å². The summed E-state index contributed by atoms with van der Waals surface area (Å²) in [7, 11) is 1.58. The van der Waals surface area contributed by atoms with E-state index >= 15 is 0 Å². The lowest BCUT2D eigenvalue weighted by Gasteiger charge is -2.03. The number of aliphatic imine (C=N–C) groups is 1. The molecule has 2 aromatic heterocycles. The Morgan fingerprint density at radius 2 is 1.88 bits per heavy atom. The number of furan rings is 1. The third-order valence-corrected chi connectivity index (χ3v) is 4.53. The molecule has 8 heteroatoms. The molecule has 0 bridgehead atoms. The Labute approximate surface area is 155 Å². The second-order valence-corrected chi connectivity index (χ2v) is 6.17. The molecule has 0 aromatic carbocycles. The molecule has 0 saturated carbocycles. The van der Waals surface area contributed by atoms with Gasteiger partial charge in [0.2, 0.25) is 0 Å². The van der Waals surface area contributed by atoms with Crippen LogP contribution in [0.1, 0.15) is 51.0 Å². The minimum absolute atomic E-state index is 0.227. The average Bonchev–Trinajstić information content (AvgIpc) is 3.18. The summed E-state index contributed by atoms with van der Waals surface area (Å²) in [6.07, 6.45) is 1.49. The van der Waals surface area contributed by atoms with Crippen LogP contribution in [0, 0.1) is 6.92 Å². The van der Waals surface area contributed by atoms with E-state index in [1.54, 1.807) is 40.0 Å². The maximum absolute atomic E-state index is 12.3. The highest BCUT2D eigenvalue weighted by Gasteiger charge is 2.26. The van der Waals surface area contributed by atoms with E-state index in [2.05, 4.69) is 4.99 Å². The number of rotatable bonds is 8. The van der Waals surface area contributed by atoms with Crippen molar-refractivity contribution in [2.24, 2.45) is 4.99 Å². The van der Waals surface area contributed by atoms with Crippen LogP contribution < -0.4 is 0 Å². The maximum atomic E-state index is 12.3. The lowest BCUT2D eigenvalue weighted by Crippen LogP contribution is -2.08. The van der Waals surface area contributed by atoms with Gasteiger partial charge in [-0.3, -0.25) is 0 Å². The molecule has 0 fully saturated rings. The Morgan fingerprint density at radius 3 is 2.54 bits per heavy atom. The predicted octanol–water partition coefficient (Wildman–Crippen LogP) is 3.90. The van der Waals surface area contributed by atoms with Crippen molar-refractivity contribution in [2.75, 3.05) is 20.3 Å². The first kappa shape index (κ1) is 19.9. The van der Waals surface area contributed by atoms with E-state index in [4.69, 9.17) is 18.6 Å². The molecule has 0 aliphatic carbocycles. The molecule has 26 heavy (non-hydrogen) atoms. The summed E-state index contributed by atoms with van der Waals surface area (Å²) in [4.78, 5) is 29.1. The van der Waals surface area contributed by atoms with Crippen molar-refractivity contribution in [3.05, 3.63) is 39.7 Å². The summed E-state index contributed by atoms with van der Waals surface area (Å²) in [5, 5.41) is 0.369. The summed E-state index contributed by atoms with van der Waals surface area (Å²) in [6.45, 7) is 5.95. The quantitative estimate of drug-likeness (QED) is 0.511. The first-order chi connectivity index (χ1) is 12.5. The highest BCUT2D eigenvalue weighted by Crippen LogP contribution is 2.36. The van der Waals surface area contributed by atoms with Gasteiger partial charge < -0.3 is 18.6 Å². The molecule has 0 atom stereocenters. The molecule has 0 radical (unpaired) electrons. The second-order valence-electron chi connectivity index (χ2n) is 5.17. The second kappa shape index (κ2) is 9.30. The first-order valence-corrected chi connectivity index (χ1v) is 8.92. The molecule has 0 N–H and O–H groups in total. The van der Waals surface area contributed by atoms with Gasteiger partial charge in [-0.05, 0) is 38.5 Å². The SMILES string of the molecule is CCOC(=O)c1sc(N=Cc2ccc(COC)o2)c(C(=O)OCC)c1C. The van der Waals surface area contributed by atoms with Crippen LogP contribution in [0.5, 0.6) is 0 Å². The molecule has 2 aromatic rings. The lowest BCUT2D eigenvalue weighted by atomic mass is 10.1. The van der Waals surface area contributed by atoms with Crippen LogP contribution in [0.15, 0.2) is 21.5 Å². The summed E-state index contributed by atoms with van der Waals surface area (Å²) in [5.74, 6) is 0.163. The standard InChI is InChI=1S/C18H21NO6S/c1-5-23-17(20)14-11(3)15(18(21)24-6-2)26-16(14)19-9-12-7-8-13(25-12)10-22-4/h7-9H,5-6,10H2,1-4H3. The number of hydrogen-bond donors (Lipinski definition) is 0. The molecule has 7 nitrogen and oxygen atoms in total. The van der Waals surface area contributed by atoms with Crippen molar-refractivity contribution in [2.45, 2.75) is 27.4 Å². The molecular formula is C18H21NO6S. The average molecular weight is 379 g/mol. The predicted molar refractivity (Wildman–Crippen MR) is 97.6 cm³/mol. The summed E-state index contributed by atoms with van der Waals surface area (Å²) in [6, 6.07) is 3.52. The smallest absolute Gasteiger partial charge is 0.348 e. The van der Waals surface area contributed by atoms with Gasteiger partial charge in [0.1, 0.15) is 33.6 Å². The van der Waals surface area contributed by atoms with Gasteiger partial charge in [-0.2, -0.15) is 0 Å². The summed E-state index contributed by atoms with van der Waals surface area (Å²) in [5.41, 5.74) is 0.762. The van der Waals surface area contributed by atoms with E-state index < -0.39 is 11.9 Å². The van der Waals surface area contributed by atoms with Gasteiger partial charge in [-0.25, -0.2) is 14.6 Å². The summed E-state index contributed by atoms with van der Waals surface area (Å²) >= 11 is 1.09. The van der Waals surface area contributed by atoms with Gasteiger partial charge in [0.15, 0.2) is 0 Å². The van der Waals surface area contributed by atoms with Gasteiger partial charge in [-0.15, -0.1) is 11.3 Å². The first-order valence-electron chi connectivity index (χ1n) is 8.11. The number of nitrogens with zero attached hydrogens (tertiary/aromatic N) is 1. The number of hydrogen-bond acceptors (Lipinski definition) is 8. The van der Waals surface area contributed by atoms with Gasteiger partial charge in [0, 0.05) is 7.11 Å². The third kappa shape index (κ3) is 4.59. The Balaban J connectivity index is 2.37. The lowest BCUT2D eigenvalue weighted by molar-refractivity contribution is 0.0527. The van der Waals surface area contributed by atoms with Gasteiger partial charge in [0.05, 0.1) is 19.4 Å². The van der Waals surface area contributed by atoms with Crippen molar-refractivity contribution in [1.82, 2.24) is 0 Å². The molecule has 0 aliphatic heterocycles. The fraction of sp³-hybridized carbons (Fsp3) is 0.389. The van der Waals surface area contributed by atoms with Gasteiger partial charge >= 0.3 is 11.9 Å². The third-order valence-electron chi connectivity index (χ3n) is 3.35. The minimum Gasteiger partial charge on any atom is -0.462 e. The van der Waals surface area contributed by atoms with Crippen LogP contribution in [-0.2, 0) is 20.8 Å². The van der Waals surface area contributed by atoms with E-state index in [0.29, 0.717) is 33.6 Å². The van der Waals surface area contributed by atoms with E-state index in [0.717, 1.165) is 11.3 Å². The van der Waals surface area contributed by atoms with Crippen LogP contribution in [0.2, 0.25) is 0 Å². The largest absolute Gasteiger partial charge is 0.462 e. The monoisotopic (exact) mass is 379 g/mol. The van der Waals surface area contributed by atoms with Crippen molar-refractivity contribution in [1.29, 1.82) is 0 Å². The van der Waals surface area contributed by atoms with E-state index in [1.807, 2.05) is 0 Å². The van der Waals surface area contributed by atoms with Crippen LogP contribution in [0.25, 0.3) is 0 Å². The molecule has 0 aliphatic rings. The van der Waals surface area contributed by atoms with Crippen molar-refractivity contribution < 1.29 is 28.2 Å². The zero-order chi connectivity index (χ0) is 19.1. The fourth-order valence-electron chi connectivity index (χ4n) is 2.23. The minimum atomic E-state index is -0.525. The summed E-state index contributed by atoms with van der Waals surface area (Å²) < 4.78 is 20.7. The number of carbonyl (C=O) groups is 2. The van der Waals surface area contributed by atoms with Gasteiger partial charge in [0.25, 0.3) is 0 Å². The number of carbonyl (C=O) groups excluding carboxylic acids is 2.